The van der Waals surface area contributed by atoms with E-state index in [2.05, 4.69) is 9.98 Å². The van der Waals surface area contributed by atoms with Crippen LogP contribution in [0.25, 0.3) is 0 Å². The van der Waals surface area contributed by atoms with Gasteiger partial charge in [0, 0.05) is 12.4 Å². The fourth-order valence-corrected chi connectivity index (χ4v) is 0.916. The van der Waals surface area contributed by atoms with Gasteiger partial charge in [0.2, 0.25) is 0 Å². The molecule has 0 aliphatic rings. The maximum Gasteiger partial charge on any atom is 0.0807 e. The summed E-state index contributed by atoms with van der Waals surface area (Å²) in [5.74, 6) is 0. The highest BCUT2D eigenvalue weighted by Gasteiger charge is 1.98. The van der Waals surface area contributed by atoms with E-state index in [4.69, 9.17) is 5.11 Å². The number of rotatable bonds is 4. The first-order valence-electron chi connectivity index (χ1n) is 4.42. The molecular formula is C10H14N2O. The zero-order chi connectivity index (χ0) is 9.52. The highest BCUT2D eigenvalue weighted by Crippen LogP contribution is 1.96. The topological polar surface area (TPSA) is 45.5 Å². The Labute approximate surface area is 78.2 Å². The molecule has 0 fully saturated rings. The highest BCUT2D eigenvalue weighted by atomic mass is 16.3. The van der Waals surface area contributed by atoms with E-state index >= 15 is 0 Å². The molecule has 0 aliphatic carbocycles. The Bertz CT molecular complexity index is 255. The van der Waals surface area contributed by atoms with Crippen molar-refractivity contribution in [1.82, 2.24) is 4.98 Å². The molecule has 0 bridgehead atoms. The number of aliphatic hydroxyl groups excluding tert-OH is 1. The molecule has 1 heterocycles. The maximum atomic E-state index is 8.87. The fourth-order valence-electron chi connectivity index (χ4n) is 0.916. The molecule has 1 N–H and O–H groups in total. The summed E-state index contributed by atoms with van der Waals surface area (Å²) in [5.41, 5.74) is 0.828. The van der Waals surface area contributed by atoms with Crippen LogP contribution in [0.2, 0.25) is 0 Å². The van der Waals surface area contributed by atoms with E-state index in [9.17, 15) is 0 Å². The van der Waals surface area contributed by atoms with E-state index in [1.165, 1.54) is 0 Å². The Balaban J connectivity index is 2.57. The van der Waals surface area contributed by atoms with Crippen molar-refractivity contribution < 1.29 is 5.11 Å². The summed E-state index contributed by atoms with van der Waals surface area (Å²) in [6.07, 6.45) is 4.27. The van der Waals surface area contributed by atoms with Crippen molar-refractivity contribution in [2.45, 2.75) is 19.4 Å². The van der Waals surface area contributed by atoms with Gasteiger partial charge in [-0.15, -0.1) is 0 Å². The third-order valence-corrected chi connectivity index (χ3v) is 1.79. The summed E-state index contributed by atoms with van der Waals surface area (Å²) in [6.45, 7) is 2.09. The van der Waals surface area contributed by atoms with Crippen molar-refractivity contribution in [3.63, 3.8) is 0 Å². The van der Waals surface area contributed by atoms with Crippen molar-refractivity contribution in [2.75, 3.05) is 6.61 Å². The lowest BCUT2D eigenvalue weighted by molar-refractivity contribution is 0.264. The minimum atomic E-state index is 0.00186. The average molecular weight is 178 g/mol. The van der Waals surface area contributed by atoms with Gasteiger partial charge in [-0.2, -0.15) is 0 Å². The van der Waals surface area contributed by atoms with Crippen LogP contribution >= 0.6 is 0 Å². The lowest BCUT2D eigenvalue weighted by Gasteiger charge is -2.03. The normalized spacial score (nSPS) is 13.4. The number of pyridine rings is 1. The van der Waals surface area contributed by atoms with E-state index in [1.807, 2.05) is 25.1 Å². The van der Waals surface area contributed by atoms with Crippen LogP contribution < -0.4 is 0 Å². The third-order valence-electron chi connectivity index (χ3n) is 1.79. The van der Waals surface area contributed by atoms with Gasteiger partial charge in [0.05, 0.1) is 18.3 Å². The van der Waals surface area contributed by atoms with Crippen LogP contribution in [-0.2, 0) is 0 Å². The molecule has 0 saturated heterocycles. The number of nitrogens with zero attached hydrogens (tertiary/aromatic N) is 2. The molecule has 1 rings (SSSR count). The van der Waals surface area contributed by atoms with Crippen LogP contribution in [0.15, 0.2) is 29.4 Å². The average Bonchev–Trinajstić information content (AvgIpc) is 2.21. The first-order valence-corrected chi connectivity index (χ1v) is 4.42. The first-order chi connectivity index (χ1) is 6.36. The van der Waals surface area contributed by atoms with Gasteiger partial charge in [-0.25, -0.2) is 0 Å². The second-order valence-electron chi connectivity index (χ2n) is 2.78. The van der Waals surface area contributed by atoms with Crippen LogP contribution in [0.1, 0.15) is 19.0 Å². The maximum absolute atomic E-state index is 8.87. The van der Waals surface area contributed by atoms with Gasteiger partial charge < -0.3 is 5.11 Å². The van der Waals surface area contributed by atoms with Gasteiger partial charge in [-0.05, 0) is 18.6 Å². The van der Waals surface area contributed by atoms with Crippen LogP contribution in [-0.4, -0.2) is 29.0 Å². The quantitative estimate of drug-likeness (QED) is 0.706. The minimum Gasteiger partial charge on any atom is -0.394 e. The lowest BCUT2D eigenvalue weighted by atomic mass is 10.2. The Morgan fingerprint density at radius 1 is 1.62 bits per heavy atom. The summed E-state index contributed by atoms with van der Waals surface area (Å²) >= 11 is 0. The number of hydrogen-bond donors (Lipinski definition) is 1. The lowest BCUT2D eigenvalue weighted by Crippen LogP contribution is -2.08. The number of aromatic nitrogens is 1. The van der Waals surface area contributed by atoms with Gasteiger partial charge >= 0.3 is 0 Å². The SMILES string of the molecule is CC[C@H](CO)N=Cc1ccccn1. The molecule has 70 valence electrons. The molecule has 0 spiro atoms. The monoisotopic (exact) mass is 178 g/mol. The number of aliphatic hydroxyl groups is 1. The summed E-state index contributed by atoms with van der Waals surface area (Å²) in [6, 6.07) is 5.66. The van der Waals surface area contributed by atoms with Crippen molar-refractivity contribution in [2.24, 2.45) is 4.99 Å². The zero-order valence-electron chi connectivity index (χ0n) is 7.72. The van der Waals surface area contributed by atoms with Gasteiger partial charge in [0.25, 0.3) is 0 Å². The Morgan fingerprint density at radius 3 is 3.00 bits per heavy atom. The summed E-state index contributed by atoms with van der Waals surface area (Å²) < 4.78 is 0. The molecule has 0 saturated carbocycles. The van der Waals surface area contributed by atoms with Crippen molar-refractivity contribution >= 4 is 6.21 Å². The summed E-state index contributed by atoms with van der Waals surface area (Å²) in [4.78, 5) is 8.28. The van der Waals surface area contributed by atoms with E-state index in [-0.39, 0.29) is 12.6 Å². The van der Waals surface area contributed by atoms with Crippen LogP contribution in [0.5, 0.6) is 0 Å². The molecule has 0 aliphatic heterocycles. The Morgan fingerprint density at radius 2 is 2.46 bits per heavy atom. The van der Waals surface area contributed by atoms with E-state index < -0.39 is 0 Å². The van der Waals surface area contributed by atoms with Crippen LogP contribution in [0, 0.1) is 0 Å². The molecule has 0 unspecified atom stereocenters. The summed E-state index contributed by atoms with van der Waals surface area (Å²) in [5, 5.41) is 8.87. The first kappa shape index (κ1) is 9.86. The molecule has 3 heteroatoms. The van der Waals surface area contributed by atoms with Gasteiger partial charge in [-0.1, -0.05) is 13.0 Å². The Hall–Kier alpha value is -1.22. The van der Waals surface area contributed by atoms with E-state index in [0.717, 1.165) is 12.1 Å². The number of hydrogen-bond acceptors (Lipinski definition) is 3. The van der Waals surface area contributed by atoms with Crippen molar-refractivity contribution in [3.05, 3.63) is 30.1 Å². The predicted octanol–water partition coefficient (Wildman–Crippen LogP) is 1.27. The molecular weight excluding hydrogens is 164 g/mol. The molecule has 3 nitrogen and oxygen atoms in total. The van der Waals surface area contributed by atoms with Crippen LogP contribution in [0.3, 0.4) is 0 Å². The molecule has 1 aromatic rings. The smallest absolute Gasteiger partial charge is 0.0807 e. The molecule has 1 aromatic heterocycles. The summed E-state index contributed by atoms with van der Waals surface area (Å²) in [7, 11) is 0. The molecule has 1 atom stereocenters. The Kier molecular flexibility index (Phi) is 4.12. The standard InChI is InChI=1S/C10H14N2O/c1-2-9(8-13)12-7-10-5-3-4-6-11-10/h3-7,9,13H,2,8H2,1H3/t9-/m1/s1. The van der Waals surface area contributed by atoms with Crippen molar-refractivity contribution in [3.8, 4) is 0 Å². The molecule has 0 aromatic carbocycles. The molecule has 0 radical (unpaired) electrons. The minimum absolute atomic E-state index is 0.00186. The third kappa shape index (κ3) is 3.34. The van der Waals surface area contributed by atoms with Crippen LogP contribution in [0.4, 0.5) is 0 Å². The van der Waals surface area contributed by atoms with Gasteiger partial charge in [0.15, 0.2) is 0 Å². The molecule has 13 heavy (non-hydrogen) atoms. The van der Waals surface area contributed by atoms with Gasteiger partial charge in [0.1, 0.15) is 0 Å². The van der Waals surface area contributed by atoms with E-state index in [0.29, 0.717) is 0 Å². The van der Waals surface area contributed by atoms with Gasteiger partial charge in [-0.3, -0.25) is 9.98 Å². The zero-order valence-corrected chi connectivity index (χ0v) is 7.72. The predicted molar refractivity (Wildman–Crippen MR) is 53.0 cm³/mol. The van der Waals surface area contributed by atoms with Crippen molar-refractivity contribution in [1.29, 1.82) is 0 Å². The fraction of sp³-hybridized carbons (Fsp3) is 0.400. The molecule has 0 amide bonds. The second-order valence-corrected chi connectivity index (χ2v) is 2.78. The van der Waals surface area contributed by atoms with E-state index in [1.54, 1.807) is 12.4 Å². The number of aliphatic imine (C=N–C) groups is 1. The largest absolute Gasteiger partial charge is 0.394 e. The highest BCUT2D eigenvalue weighted by molar-refractivity contribution is 5.76. The second kappa shape index (κ2) is 5.43.